The average molecular weight is 352 g/mol. The van der Waals surface area contributed by atoms with Crippen molar-refractivity contribution < 1.29 is 14.3 Å². The van der Waals surface area contributed by atoms with Gasteiger partial charge in [0.2, 0.25) is 11.8 Å². The molecule has 1 N–H and O–H groups in total. The maximum Gasteiger partial charge on any atom is 0.243 e. The van der Waals surface area contributed by atoms with Gasteiger partial charge >= 0.3 is 0 Å². The highest BCUT2D eigenvalue weighted by atomic mass is 16.5. The van der Waals surface area contributed by atoms with Crippen LogP contribution >= 0.6 is 0 Å². The molecular weight excluding hydrogens is 328 g/mol. The van der Waals surface area contributed by atoms with Crippen LogP contribution in [0.1, 0.15) is 31.4 Å². The van der Waals surface area contributed by atoms with E-state index in [1.165, 1.54) is 0 Å². The summed E-state index contributed by atoms with van der Waals surface area (Å²) in [5.74, 6) is 0.589. The summed E-state index contributed by atoms with van der Waals surface area (Å²) in [6.45, 7) is 4.69. The van der Waals surface area contributed by atoms with E-state index >= 15 is 0 Å². The predicted octanol–water partition coefficient (Wildman–Crippen LogP) is 3.07. The summed E-state index contributed by atoms with van der Waals surface area (Å²) in [7, 11) is 0. The fourth-order valence-electron chi connectivity index (χ4n) is 3.32. The van der Waals surface area contributed by atoms with Crippen molar-refractivity contribution in [2.24, 2.45) is 0 Å². The number of carbonyl (C=O) groups is 2. The molecule has 5 heteroatoms. The SMILES string of the molecule is CCOc1ccccc1CNC(=O)[C@H]1Cc2ccccc2N1C(=O)CC. The summed E-state index contributed by atoms with van der Waals surface area (Å²) in [5, 5.41) is 2.97. The monoisotopic (exact) mass is 352 g/mol. The van der Waals surface area contributed by atoms with Gasteiger partial charge < -0.3 is 10.1 Å². The summed E-state index contributed by atoms with van der Waals surface area (Å²) in [4.78, 5) is 26.9. The average Bonchev–Trinajstić information content (AvgIpc) is 3.06. The molecule has 26 heavy (non-hydrogen) atoms. The third kappa shape index (κ3) is 3.57. The number of nitrogens with one attached hydrogen (secondary N) is 1. The Balaban J connectivity index is 1.75. The maximum atomic E-state index is 12.8. The van der Waals surface area contributed by atoms with E-state index in [1.54, 1.807) is 4.90 Å². The third-order valence-electron chi connectivity index (χ3n) is 4.58. The molecule has 136 valence electrons. The molecule has 3 rings (SSSR count). The van der Waals surface area contributed by atoms with Gasteiger partial charge in [0.15, 0.2) is 0 Å². The zero-order valence-corrected chi connectivity index (χ0v) is 15.2. The summed E-state index contributed by atoms with van der Waals surface area (Å²) in [6.07, 6.45) is 0.909. The first-order valence-electron chi connectivity index (χ1n) is 9.04. The summed E-state index contributed by atoms with van der Waals surface area (Å²) in [6, 6.07) is 14.9. The van der Waals surface area contributed by atoms with Crippen molar-refractivity contribution in [3.05, 3.63) is 59.7 Å². The first-order chi connectivity index (χ1) is 12.7. The first-order valence-corrected chi connectivity index (χ1v) is 9.04. The fourth-order valence-corrected chi connectivity index (χ4v) is 3.32. The maximum absolute atomic E-state index is 12.8. The normalized spacial score (nSPS) is 15.5. The van der Waals surface area contributed by atoms with Crippen LogP contribution < -0.4 is 15.0 Å². The lowest BCUT2D eigenvalue weighted by molar-refractivity contribution is -0.126. The van der Waals surface area contributed by atoms with E-state index in [0.717, 1.165) is 22.6 Å². The molecule has 2 aromatic carbocycles. The van der Waals surface area contributed by atoms with E-state index in [1.807, 2.05) is 62.4 Å². The van der Waals surface area contributed by atoms with Crippen LogP contribution in [0.25, 0.3) is 0 Å². The van der Waals surface area contributed by atoms with Gasteiger partial charge in [0.1, 0.15) is 11.8 Å². The van der Waals surface area contributed by atoms with Crippen LogP contribution in [0.15, 0.2) is 48.5 Å². The van der Waals surface area contributed by atoms with Crippen LogP contribution in [0.5, 0.6) is 5.75 Å². The number of nitrogens with zero attached hydrogens (tertiary/aromatic N) is 1. The molecule has 2 aromatic rings. The lowest BCUT2D eigenvalue weighted by Crippen LogP contribution is -2.47. The Morgan fingerprint density at radius 1 is 1.12 bits per heavy atom. The Morgan fingerprint density at radius 2 is 1.85 bits per heavy atom. The minimum absolute atomic E-state index is 0.0372. The third-order valence-corrected chi connectivity index (χ3v) is 4.58. The van der Waals surface area contributed by atoms with E-state index < -0.39 is 6.04 Å². The highest BCUT2D eigenvalue weighted by Gasteiger charge is 2.37. The van der Waals surface area contributed by atoms with Gasteiger partial charge in [-0.2, -0.15) is 0 Å². The standard InChI is InChI=1S/C21H24N2O3/c1-3-20(24)23-17-11-7-5-9-15(17)13-18(23)21(25)22-14-16-10-6-8-12-19(16)26-4-2/h5-12,18H,3-4,13-14H2,1-2H3,(H,22,25)/t18-/m1/s1. The second kappa shape index (κ2) is 8.04. The molecule has 1 atom stereocenters. The molecule has 2 amide bonds. The van der Waals surface area contributed by atoms with Crippen molar-refractivity contribution in [1.82, 2.24) is 5.32 Å². The molecule has 0 unspecified atom stereocenters. The fraction of sp³-hybridized carbons (Fsp3) is 0.333. The molecule has 0 fully saturated rings. The number of benzene rings is 2. The predicted molar refractivity (Wildman–Crippen MR) is 101 cm³/mol. The molecular formula is C21H24N2O3. The summed E-state index contributed by atoms with van der Waals surface area (Å²) < 4.78 is 5.61. The second-order valence-corrected chi connectivity index (χ2v) is 6.22. The smallest absolute Gasteiger partial charge is 0.243 e. The van der Waals surface area contributed by atoms with E-state index in [4.69, 9.17) is 4.74 Å². The second-order valence-electron chi connectivity index (χ2n) is 6.22. The Hall–Kier alpha value is -2.82. The lowest BCUT2D eigenvalue weighted by Gasteiger charge is -2.24. The number of hydrogen-bond acceptors (Lipinski definition) is 3. The van der Waals surface area contributed by atoms with Crippen LogP contribution in [-0.2, 0) is 22.6 Å². The molecule has 1 heterocycles. The van der Waals surface area contributed by atoms with E-state index in [2.05, 4.69) is 5.32 Å². The quantitative estimate of drug-likeness (QED) is 0.869. The highest BCUT2D eigenvalue weighted by molar-refractivity contribution is 6.03. The summed E-state index contributed by atoms with van der Waals surface area (Å²) >= 11 is 0. The van der Waals surface area contributed by atoms with Crippen LogP contribution in [-0.4, -0.2) is 24.5 Å². The highest BCUT2D eigenvalue weighted by Crippen LogP contribution is 2.32. The molecule has 0 aromatic heterocycles. The van der Waals surface area contributed by atoms with E-state index in [9.17, 15) is 9.59 Å². The van der Waals surface area contributed by atoms with Gasteiger partial charge in [-0.3, -0.25) is 14.5 Å². The molecule has 0 spiro atoms. The largest absolute Gasteiger partial charge is 0.494 e. The molecule has 1 aliphatic rings. The Bertz CT molecular complexity index is 803. The minimum Gasteiger partial charge on any atom is -0.494 e. The first kappa shape index (κ1) is 18.0. The van der Waals surface area contributed by atoms with Gasteiger partial charge in [-0.15, -0.1) is 0 Å². The topological polar surface area (TPSA) is 58.6 Å². The Kier molecular flexibility index (Phi) is 5.56. The molecule has 0 radical (unpaired) electrons. The number of anilines is 1. The van der Waals surface area contributed by atoms with Crippen molar-refractivity contribution in [2.75, 3.05) is 11.5 Å². The molecule has 0 saturated heterocycles. The zero-order chi connectivity index (χ0) is 18.5. The molecule has 0 bridgehead atoms. The number of fused-ring (bicyclic) bond motifs is 1. The Morgan fingerprint density at radius 3 is 2.62 bits per heavy atom. The van der Waals surface area contributed by atoms with Gasteiger partial charge in [-0.25, -0.2) is 0 Å². The zero-order valence-electron chi connectivity index (χ0n) is 15.2. The van der Waals surface area contributed by atoms with Crippen LogP contribution in [0.2, 0.25) is 0 Å². The number of rotatable bonds is 6. The molecule has 1 aliphatic heterocycles. The van der Waals surface area contributed by atoms with Crippen LogP contribution in [0.4, 0.5) is 5.69 Å². The van der Waals surface area contributed by atoms with Gasteiger partial charge in [0.05, 0.1) is 6.61 Å². The van der Waals surface area contributed by atoms with Gasteiger partial charge in [0.25, 0.3) is 0 Å². The van der Waals surface area contributed by atoms with Gasteiger partial charge in [-0.1, -0.05) is 43.3 Å². The van der Waals surface area contributed by atoms with Crippen molar-refractivity contribution in [3.63, 3.8) is 0 Å². The Labute approximate surface area is 154 Å². The number of para-hydroxylation sites is 2. The lowest BCUT2D eigenvalue weighted by atomic mass is 10.1. The number of amides is 2. The number of hydrogen-bond donors (Lipinski definition) is 1. The van der Waals surface area contributed by atoms with Gasteiger partial charge in [0, 0.05) is 30.6 Å². The van der Waals surface area contributed by atoms with Gasteiger partial charge in [-0.05, 0) is 24.6 Å². The summed E-state index contributed by atoms with van der Waals surface area (Å²) in [5.41, 5.74) is 2.80. The van der Waals surface area contributed by atoms with E-state index in [0.29, 0.717) is 26.0 Å². The van der Waals surface area contributed by atoms with E-state index in [-0.39, 0.29) is 11.8 Å². The van der Waals surface area contributed by atoms with Crippen LogP contribution in [0.3, 0.4) is 0 Å². The molecule has 0 saturated carbocycles. The van der Waals surface area contributed by atoms with Crippen molar-refractivity contribution in [1.29, 1.82) is 0 Å². The molecule has 5 nitrogen and oxygen atoms in total. The molecule has 0 aliphatic carbocycles. The van der Waals surface area contributed by atoms with Crippen LogP contribution in [0, 0.1) is 0 Å². The van der Waals surface area contributed by atoms with Crippen molar-refractivity contribution in [2.45, 2.75) is 39.3 Å². The van der Waals surface area contributed by atoms with Crippen molar-refractivity contribution in [3.8, 4) is 5.75 Å². The number of ether oxygens (including phenoxy) is 1. The minimum atomic E-state index is -0.501. The number of carbonyl (C=O) groups excluding carboxylic acids is 2. The van der Waals surface area contributed by atoms with Crippen molar-refractivity contribution >= 4 is 17.5 Å².